The number of hydrogen-bond donors (Lipinski definition) is 2. The maximum atomic E-state index is 12.1. The van der Waals surface area contributed by atoms with Gasteiger partial charge in [-0.2, -0.15) is 0 Å². The van der Waals surface area contributed by atoms with Gasteiger partial charge in [-0.3, -0.25) is 9.89 Å². The highest BCUT2D eigenvalue weighted by atomic mass is 32.2. The summed E-state index contributed by atoms with van der Waals surface area (Å²) in [6.45, 7) is 8.22. The number of anilines is 1. The first kappa shape index (κ1) is 16.9. The summed E-state index contributed by atoms with van der Waals surface area (Å²) < 4.78 is 1.07. The van der Waals surface area contributed by atoms with Crippen LogP contribution in [0.5, 0.6) is 0 Å². The molecule has 6 nitrogen and oxygen atoms in total. The van der Waals surface area contributed by atoms with Gasteiger partial charge in [-0.1, -0.05) is 49.9 Å². The summed E-state index contributed by atoms with van der Waals surface area (Å²) in [5.41, 5.74) is 1.99. The van der Waals surface area contributed by atoms with Crippen molar-refractivity contribution in [3.63, 3.8) is 0 Å². The lowest BCUT2D eigenvalue weighted by atomic mass is 9.96. The van der Waals surface area contributed by atoms with Gasteiger partial charge >= 0.3 is 0 Å². The maximum absolute atomic E-state index is 12.1. The third kappa shape index (κ3) is 3.93. The first-order chi connectivity index (χ1) is 11.3. The van der Waals surface area contributed by atoms with Crippen molar-refractivity contribution in [1.82, 2.24) is 20.2 Å². The van der Waals surface area contributed by atoms with E-state index in [0.717, 1.165) is 16.0 Å². The number of H-pyrrole nitrogens is 1. The Bertz CT molecular complexity index is 878. The molecule has 0 bridgehead atoms. The van der Waals surface area contributed by atoms with Gasteiger partial charge < -0.3 is 5.32 Å². The fourth-order valence-corrected chi connectivity index (χ4v) is 3.60. The molecule has 0 aliphatic heterocycles. The van der Waals surface area contributed by atoms with Gasteiger partial charge in [-0.05, 0) is 24.6 Å². The van der Waals surface area contributed by atoms with Gasteiger partial charge in [0, 0.05) is 5.41 Å². The number of aryl methyl sites for hydroxylation is 1. The molecule has 0 aliphatic rings. The molecule has 3 rings (SSSR count). The van der Waals surface area contributed by atoms with Crippen LogP contribution >= 0.6 is 23.1 Å². The molecule has 0 radical (unpaired) electrons. The van der Waals surface area contributed by atoms with Gasteiger partial charge in [0.25, 0.3) is 0 Å². The molecule has 2 N–H and O–H groups in total. The average molecular weight is 361 g/mol. The third-order valence-corrected chi connectivity index (χ3v) is 5.08. The standard InChI is InChI=1S/C16H19N5OS2/c1-9-5-6-10-11(7-9)24-14(17-10)18-12(22)8-23-15-19-13(20-21-15)16(2,3)4/h5-7H,8H2,1-4H3,(H,17,18,22)(H,19,20,21). The summed E-state index contributed by atoms with van der Waals surface area (Å²) >= 11 is 2.78. The molecule has 0 unspecified atom stereocenters. The highest BCUT2D eigenvalue weighted by Gasteiger charge is 2.19. The van der Waals surface area contributed by atoms with Gasteiger partial charge in [0.1, 0.15) is 5.82 Å². The predicted octanol–water partition coefficient (Wildman–Crippen LogP) is 3.75. The van der Waals surface area contributed by atoms with Gasteiger partial charge in [0.2, 0.25) is 11.1 Å². The summed E-state index contributed by atoms with van der Waals surface area (Å²) in [6.07, 6.45) is 0. The van der Waals surface area contributed by atoms with Gasteiger partial charge in [0.15, 0.2) is 5.13 Å². The molecule has 0 atom stereocenters. The van der Waals surface area contributed by atoms with Crippen molar-refractivity contribution < 1.29 is 4.79 Å². The number of fused-ring (bicyclic) bond motifs is 1. The Hall–Kier alpha value is -1.93. The third-order valence-electron chi connectivity index (χ3n) is 3.30. The fraction of sp³-hybridized carbons (Fsp3) is 0.375. The van der Waals surface area contributed by atoms with E-state index in [-0.39, 0.29) is 17.1 Å². The summed E-state index contributed by atoms with van der Waals surface area (Å²) in [6, 6.07) is 6.05. The van der Waals surface area contributed by atoms with Crippen LogP contribution < -0.4 is 5.32 Å². The molecule has 3 aromatic rings. The molecule has 126 valence electrons. The molecule has 8 heteroatoms. The van der Waals surface area contributed by atoms with Gasteiger partial charge in [0.05, 0.1) is 16.0 Å². The Labute approximate surface area is 148 Å². The van der Waals surface area contributed by atoms with E-state index < -0.39 is 0 Å². The maximum Gasteiger partial charge on any atom is 0.236 e. The number of carbonyl (C=O) groups is 1. The summed E-state index contributed by atoms with van der Waals surface area (Å²) in [4.78, 5) is 20.9. The first-order valence-corrected chi connectivity index (χ1v) is 9.34. The van der Waals surface area contributed by atoms with Gasteiger partial charge in [-0.25, -0.2) is 9.97 Å². The van der Waals surface area contributed by atoms with Crippen molar-refractivity contribution in [1.29, 1.82) is 0 Å². The molecule has 0 saturated carbocycles. The highest BCUT2D eigenvalue weighted by molar-refractivity contribution is 7.99. The number of rotatable bonds is 4. The molecule has 0 fully saturated rings. The zero-order valence-corrected chi connectivity index (χ0v) is 15.6. The van der Waals surface area contributed by atoms with Crippen LogP contribution in [-0.4, -0.2) is 31.8 Å². The number of hydrogen-bond acceptors (Lipinski definition) is 6. The number of nitrogens with zero attached hydrogens (tertiary/aromatic N) is 3. The normalized spacial score (nSPS) is 11.8. The fourth-order valence-electron chi connectivity index (χ4n) is 2.02. The largest absolute Gasteiger partial charge is 0.301 e. The molecule has 1 amide bonds. The topological polar surface area (TPSA) is 83.6 Å². The number of nitrogens with one attached hydrogen (secondary N) is 2. The quantitative estimate of drug-likeness (QED) is 0.692. The Kier molecular flexibility index (Phi) is 4.60. The van der Waals surface area contributed by atoms with Crippen molar-refractivity contribution in [3.8, 4) is 0 Å². The summed E-state index contributed by atoms with van der Waals surface area (Å²) in [7, 11) is 0. The zero-order valence-electron chi connectivity index (χ0n) is 14.0. The SMILES string of the molecule is Cc1ccc2nc(NC(=O)CSc3n[nH]c(C(C)(C)C)n3)sc2c1. The van der Waals surface area contributed by atoms with Crippen LogP contribution in [0.4, 0.5) is 5.13 Å². The van der Waals surface area contributed by atoms with E-state index in [1.165, 1.54) is 28.7 Å². The molecule has 1 aromatic carbocycles. The van der Waals surface area contributed by atoms with E-state index in [1.807, 2.05) is 19.1 Å². The smallest absolute Gasteiger partial charge is 0.236 e. The van der Waals surface area contributed by atoms with Crippen molar-refractivity contribution in [2.75, 3.05) is 11.1 Å². The molecule has 0 saturated heterocycles. The van der Waals surface area contributed by atoms with Crippen LogP contribution in [0.25, 0.3) is 10.2 Å². The molecular weight excluding hydrogens is 342 g/mol. The Morgan fingerprint density at radius 3 is 2.83 bits per heavy atom. The van der Waals surface area contributed by atoms with Crippen LogP contribution in [0.2, 0.25) is 0 Å². The lowest BCUT2D eigenvalue weighted by Crippen LogP contribution is -2.14. The monoisotopic (exact) mass is 361 g/mol. The molecule has 2 heterocycles. The number of thioether (sulfide) groups is 1. The van der Waals surface area contributed by atoms with Crippen molar-refractivity contribution in [3.05, 3.63) is 29.6 Å². The average Bonchev–Trinajstić information content (AvgIpc) is 3.10. The minimum atomic E-state index is -0.113. The molecule has 0 spiro atoms. The number of aromatic amines is 1. The van der Waals surface area contributed by atoms with Crippen molar-refractivity contribution in [2.24, 2.45) is 0 Å². The van der Waals surface area contributed by atoms with Crippen LogP contribution in [0, 0.1) is 6.92 Å². The van der Waals surface area contributed by atoms with E-state index in [9.17, 15) is 4.79 Å². The predicted molar refractivity (Wildman–Crippen MR) is 98.8 cm³/mol. The second-order valence-corrected chi connectivity index (χ2v) is 8.52. The van der Waals surface area contributed by atoms with Crippen LogP contribution in [0.3, 0.4) is 0 Å². The lowest BCUT2D eigenvalue weighted by Gasteiger charge is -2.12. The van der Waals surface area contributed by atoms with Crippen LogP contribution in [-0.2, 0) is 10.2 Å². The number of amides is 1. The number of benzene rings is 1. The van der Waals surface area contributed by atoms with E-state index in [2.05, 4.69) is 52.3 Å². The lowest BCUT2D eigenvalue weighted by molar-refractivity contribution is -0.113. The number of carbonyl (C=O) groups excluding carboxylic acids is 1. The molecule has 0 aliphatic carbocycles. The van der Waals surface area contributed by atoms with E-state index >= 15 is 0 Å². The number of aromatic nitrogens is 4. The van der Waals surface area contributed by atoms with Crippen molar-refractivity contribution in [2.45, 2.75) is 38.3 Å². The minimum absolute atomic E-state index is 0.0901. The summed E-state index contributed by atoms with van der Waals surface area (Å²) in [5.74, 6) is 0.945. The van der Waals surface area contributed by atoms with Gasteiger partial charge in [-0.15, -0.1) is 5.10 Å². The van der Waals surface area contributed by atoms with Crippen LogP contribution in [0.15, 0.2) is 23.4 Å². The molecular formula is C16H19N5OS2. The number of thiazole rings is 1. The Balaban J connectivity index is 1.59. The highest BCUT2D eigenvalue weighted by Crippen LogP contribution is 2.27. The molecule has 2 aromatic heterocycles. The summed E-state index contributed by atoms with van der Waals surface area (Å²) in [5, 5.41) is 11.1. The first-order valence-electron chi connectivity index (χ1n) is 7.54. The molecule has 24 heavy (non-hydrogen) atoms. The zero-order chi connectivity index (χ0) is 17.3. The van der Waals surface area contributed by atoms with E-state index in [0.29, 0.717) is 10.3 Å². The van der Waals surface area contributed by atoms with Crippen molar-refractivity contribution >= 4 is 44.4 Å². The Morgan fingerprint density at radius 2 is 2.12 bits per heavy atom. The second-order valence-electron chi connectivity index (χ2n) is 6.54. The van der Waals surface area contributed by atoms with E-state index in [4.69, 9.17) is 0 Å². The van der Waals surface area contributed by atoms with Crippen LogP contribution in [0.1, 0.15) is 32.2 Å². The second kappa shape index (κ2) is 6.52. The minimum Gasteiger partial charge on any atom is -0.301 e. The van der Waals surface area contributed by atoms with E-state index in [1.54, 1.807) is 0 Å². The Morgan fingerprint density at radius 1 is 1.33 bits per heavy atom.